The van der Waals surface area contributed by atoms with Crippen LogP contribution >= 0.6 is 11.3 Å². The van der Waals surface area contributed by atoms with E-state index in [1.54, 1.807) is 0 Å². The van der Waals surface area contributed by atoms with Crippen molar-refractivity contribution in [3.05, 3.63) is 51.7 Å². The van der Waals surface area contributed by atoms with Crippen LogP contribution in [0.4, 0.5) is 0 Å². The van der Waals surface area contributed by atoms with Gasteiger partial charge in [-0.1, -0.05) is 64.7 Å². The number of carbonyl (C=O) groups is 1. The van der Waals surface area contributed by atoms with E-state index < -0.39 is 0 Å². The molecular weight excluding hydrogens is 426 g/mol. The highest BCUT2D eigenvalue weighted by Crippen LogP contribution is 2.32. The second-order valence-electron chi connectivity index (χ2n) is 9.77. The number of hydrogen-bond donors (Lipinski definition) is 0. The summed E-state index contributed by atoms with van der Waals surface area (Å²) in [5.41, 5.74) is 2.62. The quantitative estimate of drug-likeness (QED) is 0.163. The molecule has 0 aliphatic heterocycles. The summed E-state index contributed by atoms with van der Waals surface area (Å²) in [4.78, 5) is 16.7. The molecule has 1 aromatic heterocycles. The Hall–Kier alpha value is -1.65. The van der Waals surface area contributed by atoms with Gasteiger partial charge in [0.15, 0.2) is 0 Å². The maximum absolute atomic E-state index is 12.6. The zero-order valence-corrected chi connectivity index (χ0v) is 21.8. The smallest absolute Gasteiger partial charge is 0.311 e. The van der Waals surface area contributed by atoms with Crippen molar-refractivity contribution in [1.29, 1.82) is 0 Å². The number of carbonyl (C=O) groups excluding carboxylic acids is 1. The fourth-order valence-electron chi connectivity index (χ4n) is 5.06. The Morgan fingerprint density at radius 1 is 1.12 bits per heavy atom. The first-order valence-electron chi connectivity index (χ1n) is 13.2. The summed E-state index contributed by atoms with van der Waals surface area (Å²) in [6.07, 6.45) is 12.0. The van der Waals surface area contributed by atoms with Gasteiger partial charge in [0.25, 0.3) is 0 Å². The largest absolute Gasteiger partial charge is 0.426 e. The summed E-state index contributed by atoms with van der Waals surface area (Å²) >= 11 is 1.86. The minimum atomic E-state index is -0.0728. The number of rotatable bonds is 14. The monoisotopic (exact) mass is 469 g/mol. The normalized spacial score (nSPS) is 16.5. The van der Waals surface area contributed by atoms with Crippen LogP contribution in [0.15, 0.2) is 35.7 Å². The lowest BCUT2D eigenvalue weighted by atomic mass is 9.86. The standard InChI is InChI=1S/C29H43NO2S/c1-4-6-7-10-23(3)14-17-29(31)32-28-13-8-11-24-22-25(15-16-27(24)28)30(19-5-2)20-18-26-12-9-21-33-26/h8-9,11-13,21,23,25H,4-7,10,14-20,22H2,1-3H3. The molecule has 1 aromatic carbocycles. The molecule has 0 saturated heterocycles. The van der Waals surface area contributed by atoms with Crippen molar-refractivity contribution >= 4 is 17.3 Å². The summed E-state index contributed by atoms with van der Waals surface area (Å²) in [6.45, 7) is 9.04. The molecule has 0 N–H and O–H groups in total. The molecule has 33 heavy (non-hydrogen) atoms. The number of thiophene rings is 1. The van der Waals surface area contributed by atoms with Crippen molar-refractivity contribution in [3.8, 4) is 5.75 Å². The van der Waals surface area contributed by atoms with E-state index in [4.69, 9.17) is 4.74 Å². The summed E-state index contributed by atoms with van der Waals surface area (Å²) in [6, 6.07) is 11.3. The van der Waals surface area contributed by atoms with E-state index in [-0.39, 0.29) is 5.97 Å². The van der Waals surface area contributed by atoms with Crippen LogP contribution in [0.5, 0.6) is 5.75 Å². The summed E-state index contributed by atoms with van der Waals surface area (Å²) in [5, 5.41) is 2.17. The van der Waals surface area contributed by atoms with E-state index in [0.29, 0.717) is 18.4 Å². The summed E-state index contributed by atoms with van der Waals surface area (Å²) in [7, 11) is 0. The van der Waals surface area contributed by atoms with Crippen molar-refractivity contribution < 1.29 is 9.53 Å². The van der Waals surface area contributed by atoms with Gasteiger partial charge in [0.1, 0.15) is 5.75 Å². The van der Waals surface area contributed by atoms with Crippen molar-refractivity contribution in [2.24, 2.45) is 5.92 Å². The molecule has 0 bridgehead atoms. The highest BCUT2D eigenvalue weighted by atomic mass is 32.1. The second-order valence-corrected chi connectivity index (χ2v) is 10.8. The van der Waals surface area contributed by atoms with Crippen molar-refractivity contribution in [1.82, 2.24) is 4.90 Å². The molecule has 0 spiro atoms. The maximum Gasteiger partial charge on any atom is 0.311 e. The molecule has 0 saturated carbocycles. The summed E-state index contributed by atoms with van der Waals surface area (Å²) in [5.74, 6) is 1.32. The van der Waals surface area contributed by atoms with Crippen LogP contribution in [0.1, 0.15) is 88.1 Å². The first kappa shape index (κ1) is 26.0. The second kappa shape index (κ2) is 13.9. The van der Waals surface area contributed by atoms with Gasteiger partial charge in [0.2, 0.25) is 0 Å². The molecule has 1 aliphatic carbocycles. The minimum Gasteiger partial charge on any atom is -0.426 e. The SMILES string of the molecule is CCCCCC(C)CCC(=O)Oc1cccc2c1CCC(N(CCC)CCc1cccs1)C2. The zero-order chi connectivity index (χ0) is 23.5. The third-order valence-corrected chi connectivity index (χ3v) is 7.97. The lowest BCUT2D eigenvalue weighted by Crippen LogP contribution is -2.41. The van der Waals surface area contributed by atoms with Gasteiger partial charge in [0.05, 0.1) is 0 Å². The van der Waals surface area contributed by atoms with E-state index in [1.165, 1.54) is 48.1 Å². The van der Waals surface area contributed by atoms with Gasteiger partial charge in [-0.3, -0.25) is 9.69 Å². The molecule has 3 rings (SSSR count). The predicted octanol–water partition coefficient (Wildman–Crippen LogP) is 7.46. The Labute approximate surface area is 205 Å². The summed E-state index contributed by atoms with van der Waals surface area (Å²) < 4.78 is 5.88. The number of esters is 1. The molecule has 2 aromatic rings. The molecule has 2 unspecified atom stereocenters. The van der Waals surface area contributed by atoms with Gasteiger partial charge in [-0.2, -0.15) is 0 Å². The lowest BCUT2D eigenvalue weighted by molar-refractivity contribution is -0.134. The van der Waals surface area contributed by atoms with Gasteiger partial charge in [0, 0.05) is 23.9 Å². The third-order valence-electron chi connectivity index (χ3n) is 7.03. The fourth-order valence-corrected chi connectivity index (χ4v) is 5.76. The van der Waals surface area contributed by atoms with Crippen molar-refractivity contribution in [2.45, 2.75) is 97.4 Å². The van der Waals surface area contributed by atoms with Crippen molar-refractivity contribution in [3.63, 3.8) is 0 Å². The highest BCUT2D eigenvalue weighted by Gasteiger charge is 2.26. The molecular formula is C29H43NO2S. The van der Waals surface area contributed by atoms with Crippen LogP contribution < -0.4 is 4.74 Å². The van der Waals surface area contributed by atoms with E-state index in [1.807, 2.05) is 17.4 Å². The number of unbranched alkanes of at least 4 members (excludes halogenated alkanes) is 2. The Kier molecular flexibility index (Phi) is 10.9. The van der Waals surface area contributed by atoms with Crippen LogP contribution in [0.3, 0.4) is 0 Å². The van der Waals surface area contributed by atoms with E-state index in [2.05, 4.69) is 55.3 Å². The molecule has 0 amide bonds. The molecule has 182 valence electrons. The maximum atomic E-state index is 12.6. The lowest BCUT2D eigenvalue weighted by Gasteiger charge is -2.35. The zero-order valence-electron chi connectivity index (χ0n) is 21.0. The van der Waals surface area contributed by atoms with E-state index >= 15 is 0 Å². The minimum absolute atomic E-state index is 0.0728. The Bertz CT molecular complexity index is 832. The van der Waals surface area contributed by atoms with Crippen LogP contribution in [0, 0.1) is 5.92 Å². The molecule has 1 heterocycles. The highest BCUT2D eigenvalue weighted by molar-refractivity contribution is 7.09. The molecule has 0 radical (unpaired) electrons. The Balaban J connectivity index is 1.54. The first-order chi connectivity index (χ1) is 16.1. The number of nitrogens with zero attached hydrogens (tertiary/aromatic N) is 1. The topological polar surface area (TPSA) is 29.5 Å². The number of ether oxygens (including phenoxy) is 1. The Morgan fingerprint density at radius 2 is 2.00 bits per heavy atom. The van der Waals surface area contributed by atoms with Gasteiger partial charge in [-0.15, -0.1) is 11.3 Å². The third kappa shape index (κ3) is 8.26. The average molecular weight is 470 g/mol. The number of fused-ring (bicyclic) bond motifs is 1. The van der Waals surface area contributed by atoms with Crippen molar-refractivity contribution in [2.75, 3.05) is 13.1 Å². The van der Waals surface area contributed by atoms with Crippen LogP contribution in [-0.2, 0) is 24.1 Å². The van der Waals surface area contributed by atoms with Gasteiger partial charge in [-0.05, 0) is 79.6 Å². The number of hydrogen-bond acceptors (Lipinski definition) is 4. The van der Waals surface area contributed by atoms with Crippen LogP contribution in [-0.4, -0.2) is 30.0 Å². The Morgan fingerprint density at radius 3 is 2.76 bits per heavy atom. The molecule has 0 fully saturated rings. The van der Waals surface area contributed by atoms with Crippen LogP contribution in [0.25, 0.3) is 0 Å². The molecule has 1 aliphatic rings. The predicted molar refractivity (Wildman–Crippen MR) is 140 cm³/mol. The van der Waals surface area contributed by atoms with Gasteiger partial charge in [-0.25, -0.2) is 0 Å². The van der Waals surface area contributed by atoms with E-state index in [9.17, 15) is 4.79 Å². The first-order valence-corrected chi connectivity index (χ1v) is 14.1. The molecule has 2 atom stereocenters. The molecule has 3 nitrogen and oxygen atoms in total. The van der Waals surface area contributed by atoms with Gasteiger partial charge < -0.3 is 4.74 Å². The fraction of sp³-hybridized carbons (Fsp3) is 0.621. The number of benzene rings is 1. The average Bonchev–Trinajstić information content (AvgIpc) is 3.34. The van der Waals surface area contributed by atoms with Crippen LogP contribution in [0.2, 0.25) is 0 Å². The van der Waals surface area contributed by atoms with Gasteiger partial charge >= 0.3 is 5.97 Å². The van der Waals surface area contributed by atoms with E-state index in [0.717, 1.165) is 50.9 Å². The molecule has 4 heteroatoms.